The first-order valence-electron chi connectivity index (χ1n) is 8.06. The Labute approximate surface area is 138 Å². The van der Waals surface area contributed by atoms with E-state index in [-0.39, 0.29) is 0 Å². The summed E-state index contributed by atoms with van der Waals surface area (Å²) < 4.78 is 0. The maximum absolute atomic E-state index is 6.08. The van der Waals surface area contributed by atoms with Gasteiger partial charge < -0.3 is 16.0 Å². The summed E-state index contributed by atoms with van der Waals surface area (Å²) in [6, 6.07) is 6.24. The SMILES string of the molecule is Cc1ccc(Nc2ncc(CCCCN(C)C)c(N)n2)c(C)c1. The molecule has 124 valence electrons. The van der Waals surface area contributed by atoms with Crippen molar-refractivity contribution in [1.82, 2.24) is 14.9 Å². The standard InChI is InChI=1S/C18H27N5/c1-13-8-9-16(14(2)11-13)21-18-20-12-15(17(19)22-18)7-5-6-10-23(3)4/h8-9,11-12H,5-7,10H2,1-4H3,(H3,19,20,21,22). The fourth-order valence-corrected chi connectivity index (χ4v) is 2.49. The van der Waals surface area contributed by atoms with Gasteiger partial charge >= 0.3 is 0 Å². The Hall–Kier alpha value is -2.14. The Morgan fingerprint density at radius 1 is 1.17 bits per heavy atom. The number of benzene rings is 1. The molecule has 0 bridgehead atoms. The summed E-state index contributed by atoms with van der Waals surface area (Å²) in [7, 11) is 4.18. The molecule has 5 heteroatoms. The van der Waals surface area contributed by atoms with Crippen molar-refractivity contribution in [3.8, 4) is 0 Å². The average molecular weight is 313 g/mol. The molecular formula is C18H27N5. The van der Waals surface area contributed by atoms with Crippen molar-refractivity contribution in [2.75, 3.05) is 31.7 Å². The van der Waals surface area contributed by atoms with Crippen LogP contribution in [0.4, 0.5) is 17.5 Å². The smallest absolute Gasteiger partial charge is 0.229 e. The quantitative estimate of drug-likeness (QED) is 0.768. The maximum Gasteiger partial charge on any atom is 0.229 e. The van der Waals surface area contributed by atoms with E-state index < -0.39 is 0 Å². The number of hydrogen-bond acceptors (Lipinski definition) is 5. The molecule has 3 N–H and O–H groups in total. The Morgan fingerprint density at radius 2 is 1.96 bits per heavy atom. The molecule has 0 radical (unpaired) electrons. The van der Waals surface area contributed by atoms with Crippen molar-refractivity contribution in [2.24, 2.45) is 0 Å². The minimum Gasteiger partial charge on any atom is -0.383 e. The molecule has 0 saturated heterocycles. The molecule has 0 aliphatic heterocycles. The minimum atomic E-state index is 0.548. The van der Waals surface area contributed by atoms with Crippen LogP contribution in [0.3, 0.4) is 0 Å². The highest BCUT2D eigenvalue weighted by Gasteiger charge is 2.06. The van der Waals surface area contributed by atoms with E-state index in [2.05, 4.69) is 60.3 Å². The van der Waals surface area contributed by atoms with Crippen molar-refractivity contribution >= 4 is 17.5 Å². The number of aryl methyl sites for hydroxylation is 3. The van der Waals surface area contributed by atoms with Gasteiger partial charge in [-0.2, -0.15) is 4.98 Å². The van der Waals surface area contributed by atoms with Crippen LogP contribution in [0.1, 0.15) is 29.5 Å². The van der Waals surface area contributed by atoms with E-state index in [0.717, 1.165) is 37.1 Å². The molecule has 0 atom stereocenters. The van der Waals surface area contributed by atoms with Crippen molar-refractivity contribution in [2.45, 2.75) is 33.1 Å². The second-order valence-electron chi connectivity index (χ2n) is 6.31. The van der Waals surface area contributed by atoms with Gasteiger partial charge in [0.05, 0.1) is 0 Å². The van der Waals surface area contributed by atoms with Crippen LogP contribution in [0.2, 0.25) is 0 Å². The van der Waals surface area contributed by atoms with Gasteiger partial charge in [-0.25, -0.2) is 4.98 Å². The lowest BCUT2D eigenvalue weighted by Crippen LogP contribution is -2.13. The van der Waals surface area contributed by atoms with Gasteiger partial charge in [0.1, 0.15) is 5.82 Å². The third kappa shape index (κ3) is 5.21. The highest BCUT2D eigenvalue weighted by molar-refractivity contribution is 5.60. The van der Waals surface area contributed by atoms with Crippen molar-refractivity contribution in [3.63, 3.8) is 0 Å². The summed E-state index contributed by atoms with van der Waals surface area (Å²) in [5.41, 5.74) is 10.5. The Bertz CT molecular complexity index is 652. The van der Waals surface area contributed by atoms with Gasteiger partial charge in [0, 0.05) is 17.4 Å². The first-order chi connectivity index (χ1) is 11.0. The van der Waals surface area contributed by atoms with Gasteiger partial charge in [-0.1, -0.05) is 17.7 Å². The zero-order valence-electron chi connectivity index (χ0n) is 14.6. The number of nitrogens with two attached hydrogens (primary N) is 1. The van der Waals surface area contributed by atoms with E-state index in [1.165, 1.54) is 11.1 Å². The number of nitrogens with zero attached hydrogens (tertiary/aromatic N) is 3. The molecule has 0 fully saturated rings. The van der Waals surface area contributed by atoms with Crippen molar-refractivity contribution in [1.29, 1.82) is 0 Å². The molecule has 0 aliphatic rings. The van der Waals surface area contributed by atoms with Crippen LogP contribution in [-0.4, -0.2) is 35.5 Å². The Morgan fingerprint density at radius 3 is 2.61 bits per heavy atom. The van der Waals surface area contributed by atoms with Crippen LogP contribution in [0.5, 0.6) is 0 Å². The summed E-state index contributed by atoms with van der Waals surface area (Å²) in [5.74, 6) is 1.11. The van der Waals surface area contributed by atoms with E-state index in [0.29, 0.717) is 11.8 Å². The molecule has 23 heavy (non-hydrogen) atoms. The van der Waals surface area contributed by atoms with Crippen LogP contribution in [0.25, 0.3) is 0 Å². The number of hydrogen-bond donors (Lipinski definition) is 2. The summed E-state index contributed by atoms with van der Waals surface area (Å²) in [6.07, 6.45) is 5.00. The van der Waals surface area contributed by atoms with E-state index in [9.17, 15) is 0 Å². The van der Waals surface area contributed by atoms with Gasteiger partial charge in [-0.05, 0) is 65.4 Å². The number of unbranched alkanes of at least 4 members (excludes halogenated alkanes) is 1. The second kappa shape index (κ2) is 7.92. The van der Waals surface area contributed by atoms with E-state index in [1.807, 2.05) is 12.3 Å². The molecule has 0 saturated carbocycles. The maximum atomic E-state index is 6.08. The van der Waals surface area contributed by atoms with Gasteiger partial charge in [0.2, 0.25) is 5.95 Å². The monoisotopic (exact) mass is 313 g/mol. The van der Waals surface area contributed by atoms with Gasteiger partial charge in [0.25, 0.3) is 0 Å². The summed E-state index contributed by atoms with van der Waals surface area (Å²) in [6.45, 7) is 5.24. The van der Waals surface area contributed by atoms with Gasteiger partial charge in [-0.15, -0.1) is 0 Å². The topological polar surface area (TPSA) is 67.1 Å². The van der Waals surface area contributed by atoms with Crippen molar-refractivity contribution < 1.29 is 0 Å². The molecule has 1 heterocycles. The molecule has 2 aromatic rings. The fraction of sp³-hybridized carbons (Fsp3) is 0.444. The van der Waals surface area contributed by atoms with Crippen LogP contribution >= 0.6 is 0 Å². The average Bonchev–Trinajstić information content (AvgIpc) is 2.48. The van der Waals surface area contributed by atoms with Crippen LogP contribution in [0.15, 0.2) is 24.4 Å². The first-order valence-corrected chi connectivity index (χ1v) is 8.06. The van der Waals surface area contributed by atoms with Crippen molar-refractivity contribution in [3.05, 3.63) is 41.1 Å². The van der Waals surface area contributed by atoms with Gasteiger partial charge in [0.15, 0.2) is 0 Å². The predicted octanol–water partition coefficient (Wildman–Crippen LogP) is 3.30. The molecular weight excluding hydrogens is 286 g/mol. The lowest BCUT2D eigenvalue weighted by molar-refractivity contribution is 0.394. The van der Waals surface area contributed by atoms with E-state index in [1.54, 1.807) is 0 Å². The lowest BCUT2D eigenvalue weighted by Gasteiger charge is -2.11. The molecule has 5 nitrogen and oxygen atoms in total. The molecule has 2 rings (SSSR count). The fourth-order valence-electron chi connectivity index (χ4n) is 2.49. The lowest BCUT2D eigenvalue weighted by atomic mass is 10.1. The number of aromatic nitrogens is 2. The Balaban J connectivity index is 1.98. The molecule has 0 amide bonds. The first kappa shape index (κ1) is 17.2. The third-order valence-electron chi connectivity index (χ3n) is 3.83. The van der Waals surface area contributed by atoms with Gasteiger partial charge in [-0.3, -0.25) is 0 Å². The highest BCUT2D eigenvalue weighted by Crippen LogP contribution is 2.21. The number of nitrogen functional groups attached to an aromatic ring is 1. The van der Waals surface area contributed by atoms with Crippen LogP contribution in [0, 0.1) is 13.8 Å². The third-order valence-corrected chi connectivity index (χ3v) is 3.83. The molecule has 0 aliphatic carbocycles. The normalized spacial score (nSPS) is 11.0. The molecule has 1 aromatic heterocycles. The minimum absolute atomic E-state index is 0.548. The summed E-state index contributed by atoms with van der Waals surface area (Å²) in [5, 5.41) is 3.24. The molecule has 1 aromatic carbocycles. The van der Waals surface area contributed by atoms with Crippen LogP contribution < -0.4 is 11.1 Å². The zero-order valence-corrected chi connectivity index (χ0v) is 14.6. The van der Waals surface area contributed by atoms with Crippen LogP contribution in [-0.2, 0) is 6.42 Å². The summed E-state index contributed by atoms with van der Waals surface area (Å²) >= 11 is 0. The molecule has 0 unspecified atom stereocenters. The molecule has 0 spiro atoms. The van der Waals surface area contributed by atoms with E-state index in [4.69, 9.17) is 5.73 Å². The largest absolute Gasteiger partial charge is 0.383 e. The Kier molecular flexibility index (Phi) is 5.93. The number of rotatable bonds is 7. The highest BCUT2D eigenvalue weighted by atomic mass is 15.1. The zero-order chi connectivity index (χ0) is 16.8. The second-order valence-corrected chi connectivity index (χ2v) is 6.31. The predicted molar refractivity (Wildman–Crippen MR) is 97.1 cm³/mol. The van der Waals surface area contributed by atoms with E-state index >= 15 is 0 Å². The number of anilines is 3. The number of nitrogens with one attached hydrogen (secondary N) is 1. The summed E-state index contributed by atoms with van der Waals surface area (Å²) in [4.78, 5) is 11.0.